The molecule has 0 aromatic heterocycles. The van der Waals surface area contributed by atoms with E-state index in [1.54, 1.807) is 21.9 Å². The highest BCUT2D eigenvalue weighted by Gasteiger charge is 2.42. The van der Waals surface area contributed by atoms with Gasteiger partial charge in [0.1, 0.15) is 18.4 Å². The molecule has 0 N–H and O–H groups in total. The number of hydrogen-bond donors (Lipinski definition) is 0. The second-order valence-electron chi connectivity index (χ2n) is 8.14. The van der Waals surface area contributed by atoms with Crippen molar-refractivity contribution in [3.8, 4) is 0 Å². The number of benzene rings is 2. The summed E-state index contributed by atoms with van der Waals surface area (Å²) >= 11 is 6.28. The van der Waals surface area contributed by atoms with Crippen molar-refractivity contribution >= 4 is 23.4 Å². The molecule has 6 heteroatoms. The summed E-state index contributed by atoms with van der Waals surface area (Å²) in [6.45, 7) is 0.499. The Balaban J connectivity index is 1.61. The smallest absolute Gasteiger partial charge is 0.250 e. The van der Waals surface area contributed by atoms with Crippen LogP contribution in [0.4, 0.5) is 4.39 Å². The van der Waals surface area contributed by atoms with E-state index in [-0.39, 0.29) is 30.2 Å². The molecule has 1 aliphatic heterocycles. The zero-order valence-electron chi connectivity index (χ0n) is 16.9. The molecule has 1 heterocycles. The molecule has 1 saturated carbocycles. The Labute approximate surface area is 181 Å². The average molecular weight is 429 g/mol. The SMILES string of the molecule is O=C1[C@@H](c2ccc(F)cc2)N(CCc2ccccc2Cl)C(=O)CN1C1CCCCC1. The van der Waals surface area contributed by atoms with E-state index in [9.17, 15) is 14.0 Å². The van der Waals surface area contributed by atoms with E-state index in [0.29, 0.717) is 23.6 Å². The summed E-state index contributed by atoms with van der Waals surface area (Å²) in [7, 11) is 0. The summed E-state index contributed by atoms with van der Waals surface area (Å²) in [5, 5.41) is 0.649. The standard InChI is InChI=1S/C24H26ClFN2O2/c25-21-9-5-4-6-17(21)14-15-27-22(29)16-28(20-7-2-1-3-8-20)24(30)23(27)18-10-12-19(26)13-11-18/h4-6,9-13,20,23H,1-3,7-8,14-16H2/t23-/m1/s1. The van der Waals surface area contributed by atoms with Gasteiger partial charge in [-0.3, -0.25) is 9.59 Å². The summed E-state index contributed by atoms with van der Waals surface area (Å²) in [4.78, 5) is 30.1. The van der Waals surface area contributed by atoms with Crippen LogP contribution in [0.2, 0.25) is 5.02 Å². The fourth-order valence-corrected chi connectivity index (χ4v) is 4.84. The van der Waals surface area contributed by atoms with E-state index in [0.717, 1.165) is 31.2 Å². The van der Waals surface area contributed by atoms with Gasteiger partial charge < -0.3 is 9.80 Å². The lowest BCUT2D eigenvalue weighted by molar-refractivity contribution is -0.159. The van der Waals surface area contributed by atoms with Crippen molar-refractivity contribution in [1.82, 2.24) is 9.80 Å². The summed E-state index contributed by atoms with van der Waals surface area (Å²) in [6.07, 6.45) is 5.78. The van der Waals surface area contributed by atoms with Crippen molar-refractivity contribution in [2.45, 2.75) is 50.6 Å². The molecule has 2 aromatic rings. The molecule has 0 spiro atoms. The van der Waals surface area contributed by atoms with Gasteiger partial charge in [-0.25, -0.2) is 4.39 Å². The van der Waals surface area contributed by atoms with E-state index in [1.807, 2.05) is 24.3 Å². The minimum atomic E-state index is -0.726. The third-order valence-corrected chi connectivity index (χ3v) is 6.60. The van der Waals surface area contributed by atoms with Crippen LogP contribution in [-0.2, 0) is 16.0 Å². The molecular formula is C24H26ClFN2O2. The second kappa shape index (κ2) is 9.17. The zero-order chi connectivity index (χ0) is 21.1. The Bertz CT molecular complexity index is 912. The molecule has 2 amide bonds. The van der Waals surface area contributed by atoms with Crippen molar-refractivity contribution in [2.24, 2.45) is 0 Å². The van der Waals surface area contributed by atoms with Crippen LogP contribution in [0.5, 0.6) is 0 Å². The fourth-order valence-electron chi connectivity index (χ4n) is 4.61. The molecule has 158 valence electrons. The molecule has 1 saturated heterocycles. The lowest BCUT2D eigenvalue weighted by Crippen LogP contribution is -2.58. The van der Waals surface area contributed by atoms with Crippen LogP contribution in [0.25, 0.3) is 0 Å². The number of rotatable bonds is 5. The number of piperazine rings is 1. The van der Waals surface area contributed by atoms with Crippen molar-refractivity contribution in [3.63, 3.8) is 0 Å². The molecule has 30 heavy (non-hydrogen) atoms. The largest absolute Gasteiger partial charge is 0.328 e. The molecule has 2 aliphatic rings. The van der Waals surface area contributed by atoms with Gasteiger partial charge in [-0.1, -0.05) is 61.2 Å². The number of amides is 2. The summed E-state index contributed by atoms with van der Waals surface area (Å²) in [5.74, 6) is -0.492. The van der Waals surface area contributed by atoms with Crippen LogP contribution in [-0.4, -0.2) is 40.7 Å². The summed E-state index contributed by atoms with van der Waals surface area (Å²) in [6, 6.07) is 12.8. The maximum Gasteiger partial charge on any atom is 0.250 e. The topological polar surface area (TPSA) is 40.6 Å². The van der Waals surface area contributed by atoms with Gasteiger partial charge in [0, 0.05) is 17.6 Å². The predicted molar refractivity (Wildman–Crippen MR) is 115 cm³/mol. The van der Waals surface area contributed by atoms with E-state index in [2.05, 4.69) is 0 Å². The van der Waals surface area contributed by atoms with E-state index < -0.39 is 6.04 Å². The molecule has 0 radical (unpaired) electrons. The molecule has 2 fully saturated rings. The van der Waals surface area contributed by atoms with Crippen LogP contribution in [0, 0.1) is 5.82 Å². The highest BCUT2D eigenvalue weighted by atomic mass is 35.5. The number of carbonyl (C=O) groups excluding carboxylic acids is 2. The minimum Gasteiger partial charge on any atom is -0.328 e. The fraction of sp³-hybridized carbons (Fsp3) is 0.417. The molecule has 1 atom stereocenters. The second-order valence-corrected chi connectivity index (χ2v) is 8.55. The highest BCUT2D eigenvalue weighted by Crippen LogP contribution is 2.33. The van der Waals surface area contributed by atoms with Gasteiger partial charge in [-0.2, -0.15) is 0 Å². The lowest BCUT2D eigenvalue weighted by atomic mass is 9.91. The first-order valence-corrected chi connectivity index (χ1v) is 11.0. The number of halogens is 2. The van der Waals surface area contributed by atoms with E-state index in [4.69, 9.17) is 11.6 Å². The quantitative estimate of drug-likeness (QED) is 0.688. The van der Waals surface area contributed by atoms with Gasteiger partial charge >= 0.3 is 0 Å². The lowest BCUT2D eigenvalue weighted by Gasteiger charge is -2.44. The first-order chi connectivity index (χ1) is 14.5. The predicted octanol–water partition coefficient (Wildman–Crippen LogP) is 4.77. The van der Waals surface area contributed by atoms with Crippen LogP contribution < -0.4 is 0 Å². The van der Waals surface area contributed by atoms with E-state index in [1.165, 1.54) is 18.6 Å². The molecular weight excluding hydrogens is 403 g/mol. The highest BCUT2D eigenvalue weighted by molar-refractivity contribution is 6.31. The normalized spacial score (nSPS) is 20.7. The molecule has 4 rings (SSSR count). The van der Waals surface area contributed by atoms with Crippen molar-refractivity contribution in [1.29, 1.82) is 0 Å². The van der Waals surface area contributed by atoms with Gasteiger partial charge in [0.15, 0.2) is 0 Å². The van der Waals surface area contributed by atoms with Gasteiger partial charge in [-0.05, 0) is 48.6 Å². The molecule has 0 bridgehead atoms. The van der Waals surface area contributed by atoms with Crippen molar-refractivity contribution in [3.05, 3.63) is 70.5 Å². The number of nitrogens with zero attached hydrogens (tertiary/aromatic N) is 2. The van der Waals surface area contributed by atoms with Crippen LogP contribution in [0.3, 0.4) is 0 Å². The first-order valence-electron chi connectivity index (χ1n) is 10.6. The zero-order valence-corrected chi connectivity index (χ0v) is 17.7. The molecule has 2 aromatic carbocycles. The van der Waals surface area contributed by atoms with Gasteiger partial charge in [0.05, 0.1) is 0 Å². The third kappa shape index (κ3) is 4.36. The molecule has 4 nitrogen and oxygen atoms in total. The minimum absolute atomic E-state index is 0.0627. The Morgan fingerprint density at radius 2 is 1.67 bits per heavy atom. The van der Waals surface area contributed by atoms with E-state index >= 15 is 0 Å². The Hall–Kier alpha value is -2.40. The van der Waals surface area contributed by atoms with Gasteiger partial charge in [0.25, 0.3) is 5.91 Å². The number of hydrogen-bond acceptors (Lipinski definition) is 2. The average Bonchev–Trinajstić information content (AvgIpc) is 2.76. The Morgan fingerprint density at radius 1 is 0.967 bits per heavy atom. The summed E-state index contributed by atoms with van der Waals surface area (Å²) < 4.78 is 13.5. The summed E-state index contributed by atoms with van der Waals surface area (Å²) in [5.41, 5.74) is 1.58. The van der Waals surface area contributed by atoms with Crippen molar-refractivity contribution in [2.75, 3.05) is 13.1 Å². The Morgan fingerprint density at radius 3 is 2.37 bits per heavy atom. The third-order valence-electron chi connectivity index (χ3n) is 6.24. The maximum atomic E-state index is 13.6. The van der Waals surface area contributed by atoms with Crippen LogP contribution >= 0.6 is 11.6 Å². The monoisotopic (exact) mass is 428 g/mol. The first kappa shape index (κ1) is 20.9. The van der Waals surface area contributed by atoms with Gasteiger partial charge in [0.2, 0.25) is 5.91 Å². The van der Waals surface area contributed by atoms with Crippen molar-refractivity contribution < 1.29 is 14.0 Å². The van der Waals surface area contributed by atoms with Crippen LogP contribution in [0.15, 0.2) is 48.5 Å². The molecule has 0 unspecified atom stereocenters. The number of carbonyl (C=O) groups is 2. The Kier molecular flexibility index (Phi) is 6.38. The van der Waals surface area contributed by atoms with Crippen LogP contribution in [0.1, 0.15) is 49.3 Å². The van der Waals surface area contributed by atoms with Gasteiger partial charge in [-0.15, -0.1) is 0 Å². The molecule has 1 aliphatic carbocycles. The maximum absolute atomic E-state index is 13.6.